The van der Waals surface area contributed by atoms with E-state index in [9.17, 15) is 8.42 Å². The van der Waals surface area contributed by atoms with E-state index in [2.05, 4.69) is 41.3 Å². The summed E-state index contributed by atoms with van der Waals surface area (Å²) < 4.78 is 32.1. The lowest BCUT2D eigenvalue weighted by Gasteiger charge is -2.10. The lowest BCUT2D eigenvalue weighted by molar-refractivity contribution is 0.558. The molecule has 0 aliphatic carbocycles. The largest absolute Gasteiger partial charge is 0.417 e. The van der Waals surface area contributed by atoms with Crippen molar-refractivity contribution in [2.24, 2.45) is 0 Å². The van der Waals surface area contributed by atoms with Crippen molar-refractivity contribution in [3.8, 4) is 28.7 Å². The van der Waals surface area contributed by atoms with Gasteiger partial charge >= 0.3 is 0 Å². The predicted octanol–water partition coefficient (Wildman–Crippen LogP) is 5.37. The number of hydrogen-bond donors (Lipinski definition) is 0. The van der Waals surface area contributed by atoms with Crippen LogP contribution in [0.15, 0.2) is 80.6 Å². The fourth-order valence-corrected chi connectivity index (χ4v) is 4.37. The van der Waals surface area contributed by atoms with Gasteiger partial charge in [-0.25, -0.2) is 8.42 Å². The Morgan fingerprint density at radius 2 is 1.72 bits per heavy atom. The zero-order valence-electron chi connectivity index (χ0n) is 18.6. The molecule has 0 aliphatic heterocycles. The van der Waals surface area contributed by atoms with Crippen LogP contribution in [0.3, 0.4) is 0 Å². The molecule has 0 aliphatic rings. The van der Waals surface area contributed by atoms with Crippen LogP contribution in [-0.4, -0.2) is 44.6 Å². The van der Waals surface area contributed by atoms with Crippen LogP contribution in [0.2, 0.25) is 5.02 Å². The first-order chi connectivity index (χ1) is 17.3. The van der Waals surface area contributed by atoms with Crippen LogP contribution < -0.4 is 0 Å². The van der Waals surface area contributed by atoms with Crippen molar-refractivity contribution >= 4 is 49.5 Å². The second kappa shape index (κ2) is 9.76. The normalized spacial score (nSPS) is 11.9. The van der Waals surface area contributed by atoms with E-state index in [1.807, 2.05) is 42.5 Å². The second-order valence-corrected chi connectivity index (χ2v) is 10.9. The monoisotopic (exact) mass is 582 g/mol. The maximum atomic E-state index is 11.8. The van der Waals surface area contributed by atoms with Crippen LogP contribution >= 0.6 is 27.5 Å². The average Bonchev–Trinajstić information content (AvgIpc) is 3.50. The highest BCUT2D eigenvalue weighted by Crippen LogP contribution is 2.28. The van der Waals surface area contributed by atoms with E-state index in [1.54, 1.807) is 28.9 Å². The molecule has 2 aromatic carbocycles. The molecule has 0 radical (unpaired) electrons. The van der Waals surface area contributed by atoms with Gasteiger partial charge in [0.2, 0.25) is 11.8 Å². The molecule has 5 rings (SSSR count). The van der Waals surface area contributed by atoms with Crippen molar-refractivity contribution < 1.29 is 12.8 Å². The summed E-state index contributed by atoms with van der Waals surface area (Å²) in [6.45, 7) is 0. The lowest BCUT2D eigenvalue weighted by Crippen LogP contribution is -2.03. The van der Waals surface area contributed by atoms with Gasteiger partial charge in [0.1, 0.15) is 5.69 Å². The minimum atomic E-state index is -3.39. The molecule has 0 saturated carbocycles. The van der Waals surface area contributed by atoms with E-state index in [4.69, 9.17) is 16.0 Å². The summed E-state index contributed by atoms with van der Waals surface area (Å²) in [5.41, 5.74) is 1.83. The molecular formula is C24H16BrClN6O3S. The molecule has 12 heteroatoms. The van der Waals surface area contributed by atoms with Crippen LogP contribution in [0.4, 0.5) is 0 Å². The van der Waals surface area contributed by atoms with E-state index >= 15 is 0 Å². The highest BCUT2D eigenvalue weighted by atomic mass is 79.9. The maximum absolute atomic E-state index is 11.8. The molecule has 0 unspecified atom stereocenters. The maximum Gasteiger partial charge on any atom is 0.248 e. The zero-order chi connectivity index (χ0) is 25.3. The van der Waals surface area contributed by atoms with Crippen LogP contribution in [-0.2, 0) is 9.84 Å². The molecule has 0 atom stereocenters. The number of pyridine rings is 1. The Bertz CT molecular complexity index is 1680. The van der Waals surface area contributed by atoms with Gasteiger partial charge in [-0.1, -0.05) is 39.7 Å². The summed E-state index contributed by atoms with van der Waals surface area (Å²) in [7, 11) is -3.39. The first-order valence-electron chi connectivity index (χ1n) is 10.4. The smallest absolute Gasteiger partial charge is 0.248 e. The highest BCUT2D eigenvalue weighted by molar-refractivity contribution is 9.10. The number of benzene rings is 2. The molecule has 3 heterocycles. The SMILES string of the molecule is CS(=O)(=O)c1ccc(-c2nnc(C=Cc3nnc(-c4ccc(Br)cc4)o3)n2-c2ccccc2Cl)nc1. The Kier molecular flexibility index (Phi) is 6.52. The Morgan fingerprint density at radius 1 is 0.944 bits per heavy atom. The highest BCUT2D eigenvalue weighted by Gasteiger charge is 2.18. The number of rotatable bonds is 6. The number of para-hydroxylation sites is 1. The number of hydrogen-bond acceptors (Lipinski definition) is 8. The third kappa shape index (κ3) is 4.99. The van der Waals surface area contributed by atoms with Crippen molar-refractivity contribution in [2.75, 3.05) is 6.26 Å². The van der Waals surface area contributed by atoms with E-state index < -0.39 is 9.84 Å². The van der Waals surface area contributed by atoms with Gasteiger partial charge in [-0.3, -0.25) is 9.55 Å². The summed E-state index contributed by atoms with van der Waals surface area (Å²) in [5, 5.41) is 17.2. The molecule has 36 heavy (non-hydrogen) atoms. The molecule has 0 N–H and O–H groups in total. The Morgan fingerprint density at radius 3 is 2.42 bits per heavy atom. The minimum absolute atomic E-state index is 0.105. The topological polar surface area (TPSA) is 117 Å². The summed E-state index contributed by atoms with van der Waals surface area (Å²) in [5.74, 6) is 1.46. The molecule has 0 fully saturated rings. The lowest BCUT2D eigenvalue weighted by atomic mass is 10.2. The molecule has 0 amide bonds. The molecule has 0 spiro atoms. The summed E-state index contributed by atoms with van der Waals surface area (Å²) in [6.07, 6.45) is 5.70. The molecule has 0 bridgehead atoms. The third-order valence-electron chi connectivity index (χ3n) is 5.08. The van der Waals surface area contributed by atoms with Crippen LogP contribution in [0.25, 0.3) is 40.8 Å². The summed E-state index contributed by atoms with van der Waals surface area (Å²) >= 11 is 9.89. The van der Waals surface area contributed by atoms with Crippen LogP contribution in [0.5, 0.6) is 0 Å². The van der Waals surface area contributed by atoms with Gasteiger partial charge in [0.15, 0.2) is 21.5 Å². The van der Waals surface area contributed by atoms with Gasteiger partial charge in [0.05, 0.1) is 15.6 Å². The summed E-state index contributed by atoms with van der Waals surface area (Å²) in [6, 6.07) is 17.8. The number of nitrogens with zero attached hydrogens (tertiary/aromatic N) is 6. The van der Waals surface area contributed by atoms with Gasteiger partial charge < -0.3 is 4.42 Å². The molecule has 3 aromatic heterocycles. The molecule has 180 valence electrons. The van der Waals surface area contributed by atoms with E-state index in [0.717, 1.165) is 16.3 Å². The Labute approximate surface area is 219 Å². The van der Waals surface area contributed by atoms with Crippen molar-refractivity contribution in [1.82, 2.24) is 29.9 Å². The Balaban J connectivity index is 1.54. The number of aromatic nitrogens is 6. The van der Waals surface area contributed by atoms with Gasteiger partial charge in [0, 0.05) is 28.6 Å². The Hall–Kier alpha value is -3.67. The molecule has 0 saturated heterocycles. The quantitative estimate of drug-likeness (QED) is 0.262. The van der Waals surface area contributed by atoms with E-state index in [-0.39, 0.29) is 10.8 Å². The molecular weight excluding hydrogens is 568 g/mol. The van der Waals surface area contributed by atoms with Crippen molar-refractivity contribution in [1.29, 1.82) is 0 Å². The van der Waals surface area contributed by atoms with Crippen LogP contribution in [0.1, 0.15) is 11.7 Å². The van der Waals surface area contributed by atoms with Gasteiger partial charge in [-0.2, -0.15) is 0 Å². The van der Waals surface area contributed by atoms with Crippen molar-refractivity contribution in [2.45, 2.75) is 4.90 Å². The van der Waals surface area contributed by atoms with Gasteiger partial charge in [-0.05, 0) is 54.6 Å². The first kappa shape index (κ1) is 24.0. The van der Waals surface area contributed by atoms with E-state index in [1.165, 1.54) is 12.3 Å². The number of halogens is 2. The van der Waals surface area contributed by atoms with Gasteiger partial charge in [0.25, 0.3) is 0 Å². The standard InChI is InChI=1S/C24H16BrClN6O3S/c1-36(33,34)17-10-11-19(27-14-17)23-30-28-21(32(23)20-5-3-2-4-18(20)26)12-13-22-29-31-24(35-22)15-6-8-16(25)9-7-15/h2-14H,1H3. The molecule has 9 nitrogen and oxygen atoms in total. The van der Waals surface area contributed by atoms with Gasteiger partial charge in [-0.15, -0.1) is 20.4 Å². The van der Waals surface area contributed by atoms with Crippen molar-refractivity contribution in [3.63, 3.8) is 0 Å². The predicted molar refractivity (Wildman–Crippen MR) is 139 cm³/mol. The summed E-state index contributed by atoms with van der Waals surface area (Å²) in [4.78, 5) is 4.40. The van der Waals surface area contributed by atoms with Crippen molar-refractivity contribution in [3.05, 3.63) is 88.1 Å². The fraction of sp³-hybridized carbons (Fsp3) is 0.0417. The minimum Gasteiger partial charge on any atom is -0.417 e. The zero-order valence-corrected chi connectivity index (χ0v) is 21.7. The third-order valence-corrected chi connectivity index (χ3v) is 7.03. The number of sulfone groups is 1. The average molecular weight is 584 g/mol. The second-order valence-electron chi connectivity index (χ2n) is 7.61. The van der Waals surface area contributed by atoms with E-state index in [0.29, 0.717) is 33.9 Å². The van der Waals surface area contributed by atoms with Crippen LogP contribution in [0, 0.1) is 0 Å². The molecule has 5 aromatic rings. The fourth-order valence-electron chi connectivity index (χ4n) is 3.33. The first-order valence-corrected chi connectivity index (χ1v) is 13.5.